The Morgan fingerprint density at radius 3 is 2.44 bits per heavy atom. The molecular weight excluding hydrogens is 288 g/mol. The highest BCUT2D eigenvalue weighted by Crippen LogP contribution is 2.38. The van der Waals surface area contributed by atoms with Gasteiger partial charge in [0.2, 0.25) is 3.79 Å². The van der Waals surface area contributed by atoms with Crippen molar-refractivity contribution in [3.8, 4) is 0 Å². The minimum Gasteiger partial charge on any atom is -0.248 e. The third-order valence-corrected chi connectivity index (χ3v) is 3.09. The van der Waals surface area contributed by atoms with E-state index in [9.17, 15) is 0 Å². The highest BCUT2D eigenvalue weighted by molar-refractivity contribution is 6.66. The molecule has 0 saturated carbocycles. The minimum atomic E-state index is -1.51. The number of aromatic nitrogens is 1. The number of rotatable bonds is 0. The number of alkyl halides is 3. The Morgan fingerprint density at radius 1 is 1.12 bits per heavy atom. The Balaban J connectivity index is 2.75. The molecule has 0 radical (unpaired) electrons. The van der Waals surface area contributed by atoms with Gasteiger partial charge in [0, 0.05) is 10.4 Å². The van der Waals surface area contributed by atoms with E-state index >= 15 is 0 Å². The zero-order valence-corrected chi connectivity index (χ0v) is 11.3. The summed E-state index contributed by atoms with van der Waals surface area (Å²) in [7, 11) is 0. The molecule has 0 saturated heterocycles. The summed E-state index contributed by atoms with van der Waals surface area (Å²) in [6.07, 6.45) is 0. The largest absolute Gasteiger partial charge is 0.248 e. The van der Waals surface area contributed by atoms with E-state index in [1.165, 1.54) is 0 Å². The van der Waals surface area contributed by atoms with Crippen molar-refractivity contribution in [2.45, 2.75) is 10.7 Å². The Hall–Kier alpha value is -0.210. The van der Waals surface area contributed by atoms with Crippen LogP contribution in [-0.2, 0) is 3.79 Å². The van der Waals surface area contributed by atoms with Crippen LogP contribution in [0.25, 0.3) is 10.9 Å². The van der Waals surface area contributed by atoms with Crippen molar-refractivity contribution in [2.75, 3.05) is 0 Å². The van der Waals surface area contributed by atoms with Gasteiger partial charge in [0.1, 0.15) is 0 Å². The highest BCUT2D eigenvalue weighted by Gasteiger charge is 2.25. The van der Waals surface area contributed by atoms with Crippen LogP contribution in [0.2, 0.25) is 5.02 Å². The van der Waals surface area contributed by atoms with Gasteiger partial charge in [-0.05, 0) is 30.7 Å². The average Bonchev–Trinajstić information content (AvgIpc) is 2.15. The summed E-state index contributed by atoms with van der Waals surface area (Å²) < 4.78 is -1.51. The highest BCUT2D eigenvalue weighted by atomic mass is 35.6. The van der Waals surface area contributed by atoms with E-state index in [0.29, 0.717) is 10.7 Å². The van der Waals surface area contributed by atoms with Crippen molar-refractivity contribution < 1.29 is 0 Å². The number of aryl methyl sites for hydroxylation is 1. The molecule has 1 aromatic carbocycles. The monoisotopic (exact) mass is 293 g/mol. The van der Waals surface area contributed by atoms with Crippen LogP contribution in [0, 0.1) is 6.92 Å². The van der Waals surface area contributed by atoms with Crippen molar-refractivity contribution in [3.05, 3.63) is 40.5 Å². The van der Waals surface area contributed by atoms with Crippen molar-refractivity contribution >= 4 is 57.3 Å². The van der Waals surface area contributed by atoms with Crippen LogP contribution in [0.5, 0.6) is 0 Å². The second kappa shape index (κ2) is 4.23. The van der Waals surface area contributed by atoms with E-state index in [-0.39, 0.29) is 0 Å². The van der Waals surface area contributed by atoms with Gasteiger partial charge in [0.25, 0.3) is 0 Å². The Morgan fingerprint density at radius 2 is 1.81 bits per heavy atom. The van der Waals surface area contributed by atoms with E-state index in [0.717, 1.165) is 16.5 Å². The SMILES string of the molecule is Cc1cc(C(Cl)(Cl)Cl)nc2cc(Cl)ccc12. The first-order chi connectivity index (χ1) is 7.38. The summed E-state index contributed by atoms with van der Waals surface area (Å²) in [5.74, 6) is 0. The van der Waals surface area contributed by atoms with Crippen LogP contribution in [0.3, 0.4) is 0 Å². The fourth-order valence-corrected chi connectivity index (χ4v) is 1.98. The van der Waals surface area contributed by atoms with Crippen LogP contribution >= 0.6 is 46.4 Å². The zero-order chi connectivity index (χ0) is 11.9. The number of nitrogens with zero attached hydrogens (tertiary/aromatic N) is 1. The number of hydrogen-bond acceptors (Lipinski definition) is 1. The van der Waals surface area contributed by atoms with Crippen LogP contribution in [0.1, 0.15) is 11.3 Å². The third-order valence-electron chi connectivity index (χ3n) is 2.27. The molecule has 0 atom stereocenters. The minimum absolute atomic E-state index is 0.407. The van der Waals surface area contributed by atoms with Gasteiger partial charge < -0.3 is 0 Å². The third kappa shape index (κ3) is 2.38. The Bertz CT molecular complexity index is 545. The van der Waals surface area contributed by atoms with Gasteiger partial charge in [-0.2, -0.15) is 0 Å². The van der Waals surface area contributed by atoms with E-state index in [1.807, 2.05) is 19.1 Å². The van der Waals surface area contributed by atoms with Crippen LogP contribution in [0.4, 0.5) is 0 Å². The van der Waals surface area contributed by atoms with E-state index in [2.05, 4.69) is 4.98 Å². The van der Waals surface area contributed by atoms with Crippen LogP contribution < -0.4 is 0 Å². The summed E-state index contributed by atoms with van der Waals surface area (Å²) in [6, 6.07) is 7.24. The molecule has 84 valence electrons. The smallest absolute Gasteiger partial charge is 0.232 e. The normalized spacial score (nSPS) is 12.1. The molecule has 1 nitrogen and oxygen atoms in total. The maximum Gasteiger partial charge on any atom is 0.232 e. The van der Waals surface area contributed by atoms with E-state index < -0.39 is 3.79 Å². The molecule has 16 heavy (non-hydrogen) atoms. The van der Waals surface area contributed by atoms with Gasteiger partial charge in [0.05, 0.1) is 11.2 Å². The molecule has 1 heterocycles. The van der Waals surface area contributed by atoms with Crippen molar-refractivity contribution in [1.82, 2.24) is 4.98 Å². The molecule has 0 N–H and O–H groups in total. The average molecular weight is 295 g/mol. The molecule has 2 aromatic rings. The molecule has 1 aromatic heterocycles. The first kappa shape index (κ1) is 12.3. The lowest BCUT2D eigenvalue weighted by Crippen LogP contribution is -2.04. The second-order valence-corrected chi connectivity index (χ2v) is 6.20. The molecule has 0 unspecified atom stereocenters. The van der Waals surface area contributed by atoms with E-state index in [4.69, 9.17) is 46.4 Å². The summed E-state index contributed by atoms with van der Waals surface area (Å²) in [5.41, 5.74) is 2.14. The topological polar surface area (TPSA) is 12.9 Å². The Kier molecular flexibility index (Phi) is 3.24. The van der Waals surface area contributed by atoms with Crippen LogP contribution in [0.15, 0.2) is 24.3 Å². The quantitative estimate of drug-likeness (QED) is 0.622. The molecule has 0 aliphatic rings. The molecular formula is C11H7Cl4N. The summed E-state index contributed by atoms with van der Waals surface area (Å²) in [4.78, 5) is 4.29. The lowest BCUT2D eigenvalue weighted by Gasteiger charge is -2.12. The number of pyridine rings is 1. The number of fused-ring (bicyclic) bond motifs is 1. The maximum absolute atomic E-state index is 5.90. The molecule has 0 bridgehead atoms. The van der Waals surface area contributed by atoms with Crippen molar-refractivity contribution in [2.24, 2.45) is 0 Å². The second-order valence-electron chi connectivity index (χ2n) is 3.48. The lowest BCUT2D eigenvalue weighted by molar-refractivity contribution is 1.11. The molecule has 0 aliphatic carbocycles. The van der Waals surface area contributed by atoms with Gasteiger partial charge in [-0.15, -0.1) is 0 Å². The van der Waals surface area contributed by atoms with Crippen molar-refractivity contribution in [1.29, 1.82) is 0 Å². The molecule has 0 fully saturated rings. The summed E-state index contributed by atoms with van der Waals surface area (Å²) >= 11 is 23.3. The standard InChI is InChI=1S/C11H7Cl4N/c1-6-4-10(11(13,14)15)16-9-5-7(12)2-3-8(6)9/h2-5H,1H3. The number of hydrogen-bond donors (Lipinski definition) is 0. The first-order valence-electron chi connectivity index (χ1n) is 4.52. The van der Waals surface area contributed by atoms with Gasteiger partial charge in [-0.25, -0.2) is 4.98 Å². The van der Waals surface area contributed by atoms with Gasteiger partial charge in [-0.3, -0.25) is 0 Å². The fourth-order valence-electron chi connectivity index (χ4n) is 1.52. The zero-order valence-electron chi connectivity index (χ0n) is 8.27. The summed E-state index contributed by atoms with van der Waals surface area (Å²) in [6.45, 7) is 1.94. The van der Waals surface area contributed by atoms with Gasteiger partial charge in [-0.1, -0.05) is 52.5 Å². The van der Waals surface area contributed by atoms with Gasteiger partial charge in [0.15, 0.2) is 0 Å². The van der Waals surface area contributed by atoms with Crippen molar-refractivity contribution in [3.63, 3.8) is 0 Å². The van der Waals surface area contributed by atoms with E-state index in [1.54, 1.807) is 12.1 Å². The number of benzene rings is 1. The molecule has 0 spiro atoms. The molecule has 0 aliphatic heterocycles. The fraction of sp³-hybridized carbons (Fsp3) is 0.182. The maximum atomic E-state index is 5.90. The van der Waals surface area contributed by atoms with Crippen LogP contribution in [-0.4, -0.2) is 4.98 Å². The first-order valence-corrected chi connectivity index (χ1v) is 6.03. The summed E-state index contributed by atoms with van der Waals surface area (Å²) in [5, 5.41) is 1.61. The molecule has 2 rings (SSSR count). The lowest BCUT2D eigenvalue weighted by atomic mass is 10.1. The predicted molar refractivity (Wildman–Crippen MR) is 70.7 cm³/mol. The number of halogens is 4. The molecule has 0 amide bonds. The van der Waals surface area contributed by atoms with Gasteiger partial charge >= 0.3 is 0 Å². The molecule has 5 heteroatoms. The Labute approximate surface area is 113 Å². The predicted octanol–water partition coefficient (Wildman–Crippen LogP) is 5.02.